The summed E-state index contributed by atoms with van der Waals surface area (Å²) in [5.74, 6) is -0.282. The molecule has 0 fully saturated rings. The third kappa shape index (κ3) is 4.00. The number of hydrogen-bond donors (Lipinski definition) is 1. The van der Waals surface area contributed by atoms with Crippen LogP contribution in [0.25, 0.3) is 5.69 Å². The molecule has 0 aliphatic carbocycles. The molecule has 0 saturated carbocycles. The molecule has 3 aromatic rings. The second-order valence-electron chi connectivity index (χ2n) is 6.02. The summed E-state index contributed by atoms with van der Waals surface area (Å²) in [6, 6.07) is 17.8. The lowest BCUT2D eigenvalue weighted by atomic mass is 10.2. The van der Waals surface area contributed by atoms with E-state index in [0.717, 1.165) is 23.2 Å². The van der Waals surface area contributed by atoms with E-state index in [1.807, 2.05) is 37.3 Å². The summed E-state index contributed by atoms with van der Waals surface area (Å²) in [4.78, 5) is 12.6. The highest BCUT2D eigenvalue weighted by atomic mass is 32.2. The fraction of sp³-hybridized carbons (Fsp3) is 0.158. The van der Waals surface area contributed by atoms with Gasteiger partial charge in [0, 0.05) is 18.5 Å². The summed E-state index contributed by atoms with van der Waals surface area (Å²) in [5, 5.41) is 7.17. The zero-order valence-electron chi connectivity index (χ0n) is 14.5. The Morgan fingerprint density at radius 2 is 1.73 bits per heavy atom. The molecule has 0 aliphatic rings. The number of carbonyl (C=O) groups excluding carboxylic acids is 1. The molecule has 1 N–H and O–H groups in total. The van der Waals surface area contributed by atoms with Crippen LogP contribution in [0, 0.1) is 6.92 Å². The quantitative estimate of drug-likeness (QED) is 0.749. The molecule has 1 amide bonds. The van der Waals surface area contributed by atoms with E-state index in [4.69, 9.17) is 0 Å². The van der Waals surface area contributed by atoms with Crippen molar-refractivity contribution in [2.75, 3.05) is 6.26 Å². The average molecular weight is 369 g/mol. The lowest BCUT2D eigenvalue weighted by Crippen LogP contribution is -2.23. The second kappa shape index (κ2) is 7.13. The number of rotatable bonds is 5. The van der Waals surface area contributed by atoms with Gasteiger partial charge in [-0.05, 0) is 42.8 Å². The lowest BCUT2D eigenvalue weighted by Gasteiger charge is -2.05. The minimum Gasteiger partial charge on any atom is -0.347 e. The fourth-order valence-electron chi connectivity index (χ4n) is 2.54. The third-order valence-corrected chi connectivity index (χ3v) is 5.05. The molecular formula is C19H19N3O3S. The lowest BCUT2D eigenvalue weighted by molar-refractivity contribution is 0.0945. The topological polar surface area (TPSA) is 81.1 Å². The Morgan fingerprint density at radius 3 is 2.35 bits per heavy atom. The molecule has 0 unspecified atom stereocenters. The van der Waals surface area contributed by atoms with Gasteiger partial charge in [0.25, 0.3) is 5.91 Å². The maximum absolute atomic E-state index is 12.4. The first kappa shape index (κ1) is 17.9. The van der Waals surface area contributed by atoms with E-state index in [2.05, 4.69) is 10.4 Å². The predicted molar refractivity (Wildman–Crippen MR) is 99.0 cm³/mol. The summed E-state index contributed by atoms with van der Waals surface area (Å²) in [7, 11) is -3.22. The van der Waals surface area contributed by atoms with Gasteiger partial charge in [0.05, 0.1) is 10.6 Å². The Hall–Kier alpha value is -2.93. The van der Waals surface area contributed by atoms with E-state index in [9.17, 15) is 13.2 Å². The van der Waals surface area contributed by atoms with Crippen molar-refractivity contribution in [2.45, 2.75) is 18.4 Å². The van der Waals surface area contributed by atoms with Crippen LogP contribution in [0.1, 0.15) is 21.7 Å². The van der Waals surface area contributed by atoms with E-state index in [1.54, 1.807) is 22.9 Å². The molecule has 0 spiro atoms. The van der Waals surface area contributed by atoms with Crippen LogP contribution in [0.15, 0.2) is 65.6 Å². The van der Waals surface area contributed by atoms with Crippen molar-refractivity contribution in [3.63, 3.8) is 0 Å². The average Bonchev–Trinajstić information content (AvgIpc) is 3.02. The molecule has 1 aromatic heterocycles. The smallest absolute Gasteiger partial charge is 0.272 e. The van der Waals surface area contributed by atoms with Crippen LogP contribution in [-0.2, 0) is 16.4 Å². The molecule has 6 nitrogen and oxygen atoms in total. The summed E-state index contributed by atoms with van der Waals surface area (Å²) < 4.78 is 24.7. The Balaban J connectivity index is 1.69. The monoisotopic (exact) mass is 369 g/mol. The standard InChI is InChI=1S/C19H19N3O3S/c1-14-12-18(21-22(14)16-6-4-3-5-7-16)19(23)20-13-15-8-10-17(11-9-15)26(2,24)25/h3-12H,13H2,1-2H3,(H,20,23). The van der Waals surface area contributed by atoms with Crippen LogP contribution < -0.4 is 5.32 Å². The van der Waals surface area contributed by atoms with Crippen molar-refractivity contribution in [1.82, 2.24) is 15.1 Å². The van der Waals surface area contributed by atoms with Crippen molar-refractivity contribution >= 4 is 15.7 Å². The highest BCUT2D eigenvalue weighted by Gasteiger charge is 2.13. The minimum atomic E-state index is -3.22. The van der Waals surface area contributed by atoms with E-state index in [-0.39, 0.29) is 10.8 Å². The molecule has 0 radical (unpaired) electrons. The fourth-order valence-corrected chi connectivity index (χ4v) is 3.17. The van der Waals surface area contributed by atoms with Gasteiger partial charge in [-0.1, -0.05) is 30.3 Å². The van der Waals surface area contributed by atoms with Gasteiger partial charge < -0.3 is 5.32 Å². The Bertz CT molecular complexity index is 1020. The van der Waals surface area contributed by atoms with Crippen molar-refractivity contribution in [3.8, 4) is 5.69 Å². The number of carbonyl (C=O) groups is 1. The van der Waals surface area contributed by atoms with Gasteiger partial charge in [0.2, 0.25) is 0 Å². The number of nitrogens with zero attached hydrogens (tertiary/aromatic N) is 2. The van der Waals surface area contributed by atoms with Gasteiger partial charge in [-0.15, -0.1) is 0 Å². The van der Waals surface area contributed by atoms with Crippen molar-refractivity contribution in [1.29, 1.82) is 0 Å². The number of aromatic nitrogens is 2. The van der Waals surface area contributed by atoms with Gasteiger partial charge in [-0.25, -0.2) is 13.1 Å². The van der Waals surface area contributed by atoms with Crippen molar-refractivity contribution in [2.24, 2.45) is 0 Å². The maximum atomic E-state index is 12.4. The number of hydrogen-bond acceptors (Lipinski definition) is 4. The largest absolute Gasteiger partial charge is 0.347 e. The molecule has 0 aliphatic heterocycles. The summed E-state index contributed by atoms with van der Waals surface area (Å²) in [5.41, 5.74) is 2.89. The number of para-hydroxylation sites is 1. The first-order chi connectivity index (χ1) is 12.3. The molecule has 26 heavy (non-hydrogen) atoms. The maximum Gasteiger partial charge on any atom is 0.272 e. The Morgan fingerprint density at radius 1 is 1.08 bits per heavy atom. The Labute approximate surface area is 152 Å². The van der Waals surface area contributed by atoms with Crippen molar-refractivity contribution < 1.29 is 13.2 Å². The highest BCUT2D eigenvalue weighted by molar-refractivity contribution is 7.90. The van der Waals surface area contributed by atoms with E-state index >= 15 is 0 Å². The molecule has 134 valence electrons. The normalized spacial score (nSPS) is 11.3. The number of nitrogens with one attached hydrogen (secondary N) is 1. The predicted octanol–water partition coefficient (Wildman–Crippen LogP) is 2.51. The molecule has 0 atom stereocenters. The van der Waals surface area contributed by atoms with Crippen LogP contribution in [-0.4, -0.2) is 30.4 Å². The van der Waals surface area contributed by atoms with Gasteiger partial charge in [0.15, 0.2) is 15.5 Å². The third-order valence-electron chi connectivity index (χ3n) is 3.93. The van der Waals surface area contributed by atoms with Crippen LogP contribution >= 0.6 is 0 Å². The molecule has 0 saturated heterocycles. The van der Waals surface area contributed by atoms with Crippen molar-refractivity contribution in [3.05, 3.63) is 77.6 Å². The number of benzene rings is 2. The minimum absolute atomic E-state index is 0.254. The highest BCUT2D eigenvalue weighted by Crippen LogP contribution is 2.13. The van der Waals surface area contributed by atoms with Crippen LogP contribution in [0.2, 0.25) is 0 Å². The summed E-state index contributed by atoms with van der Waals surface area (Å²) in [6.07, 6.45) is 1.16. The first-order valence-electron chi connectivity index (χ1n) is 8.04. The van der Waals surface area contributed by atoms with Gasteiger partial charge >= 0.3 is 0 Å². The van der Waals surface area contributed by atoms with E-state index < -0.39 is 9.84 Å². The van der Waals surface area contributed by atoms with Gasteiger partial charge in [-0.3, -0.25) is 4.79 Å². The molecule has 1 heterocycles. The Kier molecular flexibility index (Phi) is 4.90. The molecule has 2 aromatic carbocycles. The second-order valence-corrected chi connectivity index (χ2v) is 8.03. The van der Waals surface area contributed by atoms with Crippen LogP contribution in [0.5, 0.6) is 0 Å². The molecule has 0 bridgehead atoms. The van der Waals surface area contributed by atoms with E-state index in [1.165, 1.54) is 12.1 Å². The number of sulfone groups is 1. The van der Waals surface area contributed by atoms with Gasteiger partial charge in [-0.2, -0.15) is 5.10 Å². The number of aryl methyl sites for hydroxylation is 1. The van der Waals surface area contributed by atoms with Crippen LogP contribution in [0.3, 0.4) is 0 Å². The molecular weight excluding hydrogens is 350 g/mol. The summed E-state index contributed by atoms with van der Waals surface area (Å²) >= 11 is 0. The molecule has 3 rings (SSSR count). The van der Waals surface area contributed by atoms with E-state index in [0.29, 0.717) is 12.2 Å². The zero-order valence-corrected chi connectivity index (χ0v) is 15.3. The van der Waals surface area contributed by atoms with Gasteiger partial charge in [0.1, 0.15) is 0 Å². The summed E-state index contributed by atoms with van der Waals surface area (Å²) in [6.45, 7) is 2.18. The van der Waals surface area contributed by atoms with Crippen LogP contribution in [0.4, 0.5) is 0 Å². The number of amides is 1. The molecule has 7 heteroatoms. The SMILES string of the molecule is Cc1cc(C(=O)NCc2ccc(S(C)(=O)=O)cc2)nn1-c1ccccc1. The first-order valence-corrected chi connectivity index (χ1v) is 9.93. The zero-order chi connectivity index (χ0) is 18.7.